The van der Waals surface area contributed by atoms with Gasteiger partial charge in [-0.2, -0.15) is 5.10 Å². The summed E-state index contributed by atoms with van der Waals surface area (Å²) in [4.78, 5) is 15.3. The molecule has 0 aliphatic carbocycles. The second kappa shape index (κ2) is 7.12. The number of amides is 1. The second-order valence-electron chi connectivity index (χ2n) is 8.84. The first kappa shape index (κ1) is 19.0. The average molecular weight is 361 g/mol. The Morgan fingerprint density at radius 1 is 1.35 bits per heavy atom. The van der Waals surface area contributed by atoms with Crippen molar-refractivity contribution in [2.45, 2.75) is 45.1 Å². The normalized spacial score (nSPS) is 24.0. The van der Waals surface area contributed by atoms with Gasteiger partial charge in [-0.25, -0.2) is 0 Å². The topological polar surface area (TPSA) is 81.6 Å². The molecule has 0 bridgehead atoms. The summed E-state index contributed by atoms with van der Waals surface area (Å²) in [6, 6.07) is 4.11. The number of nitrogens with zero attached hydrogens (tertiary/aromatic N) is 4. The Morgan fingerprint density at radius 2 is 2.08 bits per heavy atom. The maximum atomic E-state index is 11.4. The number of nitrogens with one attached hydrogen (secondary N) is 1. The van der Waals surface area contributed by atoms with Crippen LogP contribution in [0.2, 0.25) is 0 Å². The van der Waals surface area contributed by atoms with E-state index < -0.39 is 5.60 Å². The van der Waals surface area contributed by atoms with Gasteiger partial charge in [0, 0.05) is 51.0 Å². The molecule has 2 aliphatic heterocycles. The van der Waals surface area contributed by atoms with E-state index in [1.165, 1.54) is 0 Å². The van der Waals surface area contributed by atoms with Crippen LogP contribution in [0.15, 0.2) is 12.1 Å². The Hall–Kier alpha value is -1.73. The predicted octanol–water partition coefficient (Wildman–Crippen LogP) is 0.783. The molecule has 2 N–H and O–H groups in total. The predicted molar refractivity (Wildman–Crippen MR) is 101 cm³/mol. The highest BCUT2D eigenvalue weighted by molar-refractivity contribution is 5.73. The zero-order valence-corrected chi connectivity index (χ0v) is 16.3. The molecule has 1 unspecified atom stereocenters. The lowest BCUT2D eigenvalue weighted by molar-refractivity contribution is -0.128. The van der Waals surface area contributed by atoms with Gasteiger partial charge in [0.15, 0.2) is 5.82 Å². The molecule has 7 heteroatoms. The summed E-state index contributed by atoms with van der Waals surface area (Å²) in [5, 5.41) is 22.6. The number of carbonyl (C=O) groups excluding carboxylic acids is 1. The Morgan fingerprint density at radius 3 is 2.62 bits per heavy atom. The number of carbonyl (C=O) groups is 1. The summed E-state index contributed by atoms with van der Waals surface area (Å²) in [7, 11) is 0. The minimum Gasteiger partial charge on any atom is -0.387 e. The molecule has 0 spiro atoms. The molecule has 3 heterocycles. The molecule has 26 heavy (non-hydrogen) atoms. The summed E-state index contributed by atoms with van der Waals surface area (Å²) in [5.74, 6) is 1.52. The summed E-state index contributed by atoms with van der Waals surface area (Å²) >= 11 is 0. The van der Waals surface area contributed by atoms with Crippen molar-refractivity contribution in [2.75, 3.05) is 44.2 Å². The molecule has 1 aromatic rings. The van der Waals surface area contributed by atoms with E-state index in [1.54, 1.807) is 11.8 Å². The minimum atomic E-state index is -0.788. The fourth-order valence-corrected chi connectivity index (χ4v) is 3.56. The van der Waals surface area contributed by atoms with E-state index in [4.69, 9.17) is 0 Å². The van der Waals surface area contributed by atoms with Crippen LogP contribution in [0.4, 0.5) is 5.82 Å². The van der Waals surface area contributed by atoms with Crippen LogP contribution in [-0.2, 0) is 10.2 Å². The quantitative estimate of drug-likeness (QED) is 0.807. The monoisotopic (exact) mass is 361 g/mol. The molecule has 2 aliphatic rings. The van der Waals surface area contributed by atoms with Crippen molar-refractivity contribution in [1.82, 2.24) is 20.4 Å². The number of anilines is 1. The van der Waals surface area contributed by atoms with Crippen molar-refractivity contribution in [1.29, 1.82) is 0 Å². The highest BCUT2D eigenvalue weighted by Crippen LogP contribution is 2.25. The molecule has 1 atom stereocenters. The van der Waals surface area contributed by atoms with E-state index in [0.29, 0.717) is 32.0 Å². The van der Waals surface area contributed by atoms with Crippen LogP contribution in [-0.4, -0.2) is 71.0 Å². The summed E-state index contributed by atoms with van der Waals surface area (Å²) in [6.45, 7) is 12.3. The molecule has 2 fully saturated rings. The second-order valence-corrected chi connectivity index (χ2v) is 8.84. The summed E-state index contributed by atoms with van der Waals surface area (Å²) in [6.07, 6.45) is 0.645. The molecule has 0 saturated carbocycles. The van der Waals surface area contributed by atoms with Crippen LogP contribution in [0.5, 0.6) is 0 Å². The standard InChI is InChI=1S/C19H31N5O2/c1-14(25)23-8-7-19(26,13-23)12-20-9-15-10-24(11-15)17-6-5-16(21-22-17)18(2,3)4/h5-6,15,20,26H,7-13H2,1-4H3. The van der Waals surface area contributed by atoms with E-state index in [9.17, 15) is 9.90 Å². The number of aliphatic hydroxyl groups is 1. The van der Waals surface area contributed by atoms with Crippen molar-refractivity contribution in [3.63, 3.8) is 0 Å². The number of β-amino-alcohol motifs (C(OH)–C–C–N with tert-alkyl or cyclic N) is 1. The van der Waals surface area contributed by atoms with Crippen LogP contribution in [0.25, 0.3) is 0 Å². The van der Waals surface area contributed by atoms with Gasteiger partial charge in [-0.15, -0.1) is 5.10 Å². The molecule has 1 aromatic heterocycles. The smallest absolute Gasteiger partial charge is 0.219 e. The summed E-state index contributed by atoms with van der Waals surface area (Å²) < 4.78 is 0. The van der Waals surface area contributed by atoms with E-state index >= 15 is 0 Å². The van der Waals surface area contributed by atoms with Crippen LogP contribution in [0.1, 0.15) is 39.8 Å². The van der Waals surface area contributed by atoms with Crippen molar-refractivity contribution in [2.24, 2.45) is 5.92 Å². The third kappa shape index (κ3) is 4.32. The van der Waals surface area contributed by atoms with Gasteiger partial charge in [0.25, 0.3) is 0 Å². The average Bonchev–Trinajstić information content (AvgIpc) is 2.92. The molecular weight excluding hydrogens is 330 g/mol. The molecule has 1 amide bonds. The first-order valence-corrected chi connectivity index (χ1v) is 9.44. The lowest BCUT2D eigenvalue weighted by atomic mass is 9.92. The molecule has 3 rings (SSSR count). The van der Waals surface area contributed by atoms with Crippen molar-refractivity contribution >= 4 is 11.7 Å². The third-order valence-electron chi connectivity index (χ3n) is 5.36. The third-order valence-corrected chi connectivity index (χ3v) is 5.36. The largest absolute Gasteiger partial charge is 0.387 e. The van der Waals surface area contributed by atoms with Gasteiger partial charge in [-0.3, -0.25) is 4.79 Å². The van der Waals surface area contributed by atoms with Gasteiger partial charge < -0.3 is 20.2 Å². The van der Waals surface area contributed by atoms with Crippen molar-refractivity contribution < 1.29 is 9.90 Å². The number of hydrogen-bond donors (Lipinski definition) is 2. The van der Waals surface area contributed by atoms with Gasteiger partial charge in [0.1, 0.15) is 0 Å². The van der Waals surface area contributed by atoms with Crippen LogP contribution in [0.3, 0.4) is 0 Å². The Balaban J connectivity index is 1.39. The number of aromatic nitrogens is 2. The molecule has 0 radical (unpaired) electrons. The Labute approximate surface area is 155 Å². The highest BCUT2D eigenvalue weighted by atomic mass is 16.3. The molecule has 0 aromatic carbocycles. The maximum absolute atomic E-state index is 11.4. The Bertz CT molecular complexity index is 636. The number of hydrogen-bond acceptors (Lipinski definition) is 6. The van der Waals surface area contributed by atoms with Gasteiger partial charge in [0.05, 0.1) is 17.8 Å². The zero-order chi connectivity index (χ0) is 18.9. The van der Waals surface area contributed by atoms with Crippen LogP contribution in [0, 0.1) is 5.92 Å². The lowest BCUT2D eigenvalue weighted by Gasteiger charge is -2.40. The van der Waals surface area contributed by atoms with Crippen molar-refractivity contribution in [3.05, 3.63) is 17.8 Å². The first-order valence-electron chi connectivity index (χ1n) is 9.44. The summed E-state index contributed by atoms with van der Waals surface area (Å²) in [5.41, 5.74) is 0.235. The van der Waals surface area contributed by atoms with Gasteiger partial charge in [0.2, 0.25) is 5.91 Å². The van der Waals surface area contributed by atoms with Gasteiger partial charge >= 0.3 is 0 Å². The molecule has 144 valence electrons. The van der Waals surface area contributed by atoms with E-state index in [-0.39, 0.29) is 11.3 Å². The minimum absolute atomic E-state index is 0.0192. The maximum Gasteiger partial charge on any atom is 0.219 e. The van der Waals surface area contributed by atoms with Crippen LogP contribution < -0.4 is 10.2 Å². The van der Waals surface area contributed by atoms with E-state index in [0.717, 1.165) is 31.1 Å². The van der Waals surface area contributed by atoms with Gasteiger partial charge in [-0.1, -0.05) is 20.8 Å². The molecular formula is C19H31N5O2. The lowest BCUT2D eigenvalue weighted by Crippen LogP contribution is -2.53. The SMILES string of the molecule is CC(=O)N1CCC(O)(CNCC2CN(c3ccc(C(C)(C)C)nn3)C2)C1. The van der Waals surface area contributed by atoms with Gasteiger partial charge in [-0.05, 0) is 18.6 Å². The van der Waals surface area contributed by atoms with E-state index in [1.807, 2.05) is 0 Å². The fraction of sp³-hybridized carbons (Fsp3) is 0.737. The number of likely N-dealkylation sites (tertiary alicyclic amines) is 1. The first-order chi connectivity index (χ1) is 12.2. The van der Waals surface area contributed by atoms with Crippen molar-refractivity contribution in [3.8, 4) is 0 Å². The zero-order valence-electron chi connectivity index (χ0n) is 16.3. The molecule has 2 saturated heterocycles. The molecule has 7 nitrogen and oxygen atoms in total. The Kier molecular flexibility index (Phi) is 5.21. The van der Waals surface area contributed by atoms with Crippen LogP contribution >= 0.6 is 0 Å². The highest BCUT2D eigenvalue weighted by Gasteiger charge is 2.37. The number of rotatable bonds is 5. The fourth-order valence-electron chi connectivity index (χ4n) is 3.56. The van der Waals surface area contributed by atoms with E-state index in [2.05, 4.69) is 53.3 Å².